The zero-order valence-corrected chi connectivity index (χ0v) is 63.1. The van der Waals surface area contributed by atoms with E-state index in [1.165, 1.54) is 199 Å². The van der Waals surface area contributed by atoms with Gasteiger partial charge in [-0.05, 0) is 37.5 Å². The van der Waals surface area contributed by atoms with Crippen LogP contribution in [-0.2, 0) is 65.4 Å². The predicted octanol–water partition coefficient (Wildman–Crippen LogP) is 21.9. The highest BCUT2D eigenvalue weighted by Crippen LogP contribution is 2.45. The Balaban J connectivity index is 5.13. The molecule has 3 N–H and O–H groups in total. The van der Waals surface area contributed by atoms with E-state index in [-0.39, 0.29) is 25.7 Å². The Morgan fingerprint density at radius 1 is 0.287 bits per heavy atom. The SMILES string of the molecule is CCCCCCCCCCCCCCCCCCCCCCC(=O)O[C@H](COC(=O)CCCCCCCCCCCCCCC(C)C)COP(=O)(O)OC[C@@H](O)COP(=O)(O)OC[C@@H](COC(=O)CCCCCCC)OC(=O)CCCCCCCCCCCCCC(C)C. The lowest BCUT2D eigenvalue weighted by atomic mass is 10.0. The largest absolute Gasteiger partial charge is 0.472 e. The molecule has 0 fully saturated rings. The summed E-state index contributed by atoms with van der Waals surface area (Å²) < 4.78 is 68.3. The van der Waals surface area contributed by atoms with Gasteiger partial charge in [-0.25, -0.2) is 9.13 Å². The van der Waals surface area contributed by atoms with E-state index in [0.717, 1.165) is 108 Å². The lowest BCUT2D eigenvalue weighted by Gasteiger charge is -2.21. The lowest BCUT2D eigenvalue weighted by molar-refractivity contribution is -0.161. The van der Waals surface area contributed by atoms with Crippen LogP contribution in [0.2, 0.25) is 0 Å². The Labute approximate surface area is 575 Å². The first-order valence-corrected chi connectivity index (χ1v) is 42.0. The fraction of sp³-hybridized carbons (Fsp3) is 0.947. The van der Waals surface area contributed by atoms with Crippen molar-refractivity contribution in [3.05, 3.63) is 0 Å². The molecule has 0 aliphatic heterocycles. The molecule has 0 saturated heterocycles. The highest BCUT2D eigenvalue weighted by molar-refractivity contribution is 7.47. The van der Waals surface area contributed by atoms with E-state index in [1.54, 1.807) is 0 Å². The van der Waals surface area contributed by atoms with Gasteiger partial charge in [-0.1, -0.05) is 337 Å². The van der Waals surface area contributed by atoms with Crippen molar-refractivity contribution in [3.8, 4) is 0 Å². The van der Waals surface area contributed by atoms with Gasteiger partial charge in [0.15, 0.2) is 12.2 Å². The van der Waals surface area contributed by atoms with Crippen molar-refractivity contribution < 1.29 is 80.2 Å². The number of hydrogen-bond donors (Lipinski definition) is 3. The molecule has 0 aliphatic carbocycles. The molecule has 0 amide bonds. The number of aliphatic hydroxyl groups excluding tert-OH is 1. The van der Waals surface area contributed by atoms with Gasteiger partial charge in [-0.3, -0.25) is 37.3 Å². The summed E-state index contributed by atoms with van der Waals surface area (Å²) in [4.78, 5) is 72.5. The van der Waals surface area contributed by atoms with Crippen molar-refractivity contribution in [3.63, 3.8) is 0 Å². The van der Waals surface area contributed by atoms with Crippen LogP contribution < -0.4 is 0 Å². The molecule has 0 rings (SSSR count). The third-order valence-electron chi connectivity index (χ3n) is 17.5. The van der Waals surface area contributed by atoms with Gasteiger partial charge >= 0.3 is 39.5 Å². The molecule has 0 heterocycles. The highest BCUT2D eigenvalue weighted by atomic mass is 31.2. The number of carbonyl (C=O) groups is 4. The fourth-order valence-electron chi connectivity index (χ4n) is 11.5. The van der Waals surface area contributed by atoms with E-state index < -0.39 is 97.5 Å². The average molecular weight is 1380 g/mol. The first kappa shape index (κ1) is 92.1. The number of hydrogen-bond acceptors (Lipinski definition) is 15. The van der Waals surface area contributed by atoms with Crippen LogP contribution in [0.4, 0.5) is 0 Å². The van der Waals surface area contributed by atoms with Crippen LogP contribution in [0, 0.1) is 11.8 Å². The quantitative estimate of drug-likeness (QED) is 0.0222. The summed E-state index contributed by atoms with van der Waals surface area (Å²) in [6.45, 7) is 9.51. The predicted molar refractivity (Wildman–Crippen MR) is 381 cm³/mol. The second-order valence-corrected chi connectivity index (χ2v) is 30.9. The number of aliphatic hydroxyl groups is 1. The number of unbranched alkanes of at least 4 members (excludes halogenated alkanes) is 44. The van der Waals surface area contributed by atoms with Gasteiger partial charge in [0.25, 0.3) is 0 Å². The van der Waals surface area contributed by atoms with Crippen molar-refractivity contribution in [1.82, 2.24) is 0 Å². The van der Waals surface area contributed by atoms with Gasteiger partial charge in [-0.2, -0.15) is 0 Å². The zero-order valence-electron chi connectivity index (χ0n) is 61.3. The number of esters is 4. The first-order valence-electron chi connectivity index (χ1n) is 39.0. The topological polar surface area (TPSA) is 237 Å². The minimum atomic E-state index is -4.95. The smallest absolute Gasteiger partial charge is 0.462 e. The Bertz CT molecular complexity index is 1820. The summed E-state index contributed by atoms with van der Waals surface area (Å²) in [7, 11) is -9.90. The molecule has 0 aromatic rings. The number of phosphoric acid groups is 2. The summed E-state index contributed by atoms with van der Waals surface area (Å²) >= 11 is 0. The van der Waals surface area contributed by atoms with Gasteiger partial charge in [-0.15, -0.1) is 0 Å². The van der Waals surface area contributed by atoms with Crippen LogP contribution in [-0.4, -0.2) is 96.7 Å². The molecular weight excluding hydrogens is 1230 g/mol. The van der Waals surface area contributed by atoms with Crippen molar-refractivity contribution in [2.24, 2.45) is 11.8 Å². The van der Waals surface area contributed by atoms with Gasteiger partial charge < -0.3 is 33.8 Å². The van der Waals surface area contributed by atoms with E-state index in [1.807, 2.05) is 0 Å². The maximum absolute atomic E-state index is 13.1. The third-order valence-corrected chi connectivity index (χ3v) is 19.4. The van der Waals surface area contributed by atoms with Gasteiger partial charge in [0, 0.05) is 25.7 Å². The Morgan fingerprint density at radius 2 is 0.489 bits per heavy atom. The molecule has 0 radical (unpaired) electrons. The fourth-order valence-corrected chi connectivity index (χ4v) is 13.1. The monoisotopic (exact) mass is 1380 g/mol. The van der Waals surface area contributed by atoms with E-state index >= 15 is 0 Å². The first-order chi connectivity index (χ1) is 45.4. The van der Waals surface area contributed by atoms with E-state index in [9.17, 15) is 43.2 Å². The molecule has 0 saturated carbocycles. The molecule has 2 unspecified atom stereocenters. The number of phosphoric ester groups is 2. The Kier molecular flexibility index (Phi) is 65.5. The molecule has 19 heteroatoms. The summed E-state index contributed by atoms with van der Waals surface area (Å²) in [5, 5.41) is 10.6. The zero-order chi connectivity index (χ0) is 69.3. The normalized spacial score (nSPS) is 14.0. The molecule has 0 aliphatic rings. The van der Waals surface area contributed by atoms with Crippen molar-refractivity contribution in [2.75, 3.05) is 39.6 Å². The van der Waals surface area contributed by atoms with Crippen molar-refractivity contribution >= 4 is 39.5 Å². The molecule has 17 nitrogen and oxygen atoms in total. The van der Waals surface area contributed by atoms with E-state index in [4.69, 9.17) is 37.0 Å². The molecule has 558 valence electrons. The Hall–Kier alpha value is -1.94. The lowest BCUT2D eigenvalue weighted by Crippen LogP contribution is -2.30. The minimum absolute atomic E-state index is 0.106. The number of rotatable bonds is 74. The van der Waals surface area contributed by atoms with Gasteiger partial charge in [0.05, 0.1) is 26.4 Å². The van der Waals surface area contributed by atoms with Crippen molar-refractivity contribution in [2.45, 2.75) is 407 Å². The second-order valence-electron chi connectivity index (χ2n) is 28.0. The highest BCUT2D eigenvalue weighted by Gasteiger charge is 2.30. The van der Waals surface area contributed by atoms with E-state index in [2.05, 4.69) is 41.5 Å². The van der Waals surface area contributed by atoms with Crippen molar-refractivity contribution in [1.29, 1.82) is 0 Å². The average Bonchev–Trinajstić information content (AvgIpc) is 1.56. The second kappa shape index (κ2) is 66.9. The van der Waals surface area contributed by atoms with Gasteiger partial charge in [0.1, 0.15) is 19.3 Å². The third kappa shape index (κ3) is 68.6. The van der Waals surface area contributed by atoms with E-state index in [0.29, 0.717) is 25.7 Å². The van der Waals surface area contributed by atoms with Crippen LogP contribution in [0.15, 0.2) is 0 Å². The standard InChI is InChI=1S/C75H146O17P2/c1-7-9-11-13-14-15-16-17-18-19-20-21-22-23-24-31-36-41-47-53-59-75(80)92-71(64-86-73(78)58-52-46-40-35-30-26-25-28-33-38-44-49-55-67(3)4)66-90-94(83,84)88-62-69(76)61-87-93(81,82)89-65-70(63-85-72(77)57-51-43-12-10-8-2)91-74(79)60-54-48-42-37-32-27-29-34-39-45-50-56-68(5)6/h67-71,76H,7-66H2,1-6H3,(H,81,82)(H,83,84)/t69-,70+,71+/m0/s1. The summed E-state index contributed by atoms with van der Waals surface area (Å²) in [6.07, 6.45) is 54.6. The van der Waals surface area contributed by atoms with Crippen LogP contribution in [0.25, 0.3) is 0 Å². The molecule has 0 spiro atoms. The summed E-state index contributed by atoms with van der Waals surface area (Å²) in [5.41, 5.74) is 0. The molecule has 0 bridgehead atoms. The van der Waals surface area contributed by atoms with Crippen LogP contribution in [0.1, 0.15) is 388 Å². The Morgan fingerprint density at radius 3 is 0.723 bits per heavy atom. The molecule has 0 aromatic carbocycles. The number of ether oxygens (including phenoxy) is 4. The summed E-state index contributed by atoms with van der Waals surface area (Å²) in [5.74, 6) is -0.581. The molecule has 5 atom stereocenters. The van der Waals surface area contributed by atoms with Crippen LogP contribution >= 0.6 is 15.6 Å². The maximum Gasteiger partial charge on any atom is 0.472 e. The van der Waals surface area contributed by atoms with Crippen LogP contribution in [0.5, 0.6) is 0 Å². The maximum atomic E-state index is 13.1. The molecule has 94 heavy (non-hydrogen) atoms. The van der Waals surface area contributed by atoms with Crippen LogP contribution in [0.3, 0.4) is 0 Å². The number of carbonyl (C=O) groups excluding carboxylic acids is 4. The minimum Gasteiger partial charge on any atom is -0.462 e. The molecule has 0 aromatic heterocycles. The summed E-state index contributed by atoms with van der Waals surface area (Å²) in [6, 6.07) is 0. The molecular formula is C75H146O17P2. The van der Waals surface area contributed by atoms with Gasteiger partial charge in [0.2, 0.25) is 0 Å².